The lowest BCUT2D eigenvalue weighted by molar-refractivity contribution is -0.141. The Hall–Kier alpha value is -2.00. The van der Waals surface area contributed by atoms with Crippen LogP contribution in [0.2, 0.25) is 0 Å². The van der Waals surface area contributed by atoms with E-state index in [-0.39, 0.29) is 16.3 Å². The molecule has 0 aliphatic heterocycles. The summed E-state index contributed by atoms with van der Waals surface area (Å²) >= 11 is 0. The standard InChI is InChI=1S/C12H9F3N3O2S/c13-12(14,15)11-4-3-10(7-18-11)21(19,20)9-2-1-8(5-16)17-6-9/h1-4,6-7,16H,5H2/q-1. The Kier molecular flexibility index (Phi) is 3.97. The lowest BCUT2D eigenvalue weighted by atomic mass is 10.3. The lowest BCUT2D eigenvalue weighted by Crippen LogP contribution is -2.09. The quantitative estimate of drug-likeness (QED) is 0.871. The average Bonchev–Trinajstić information content (AvgIpc) is 2.46. The van der Waals surface area contributed by atoms with E-state index in [1.807, 2.05) is 0 Å². The number of halogens is 3. The summed E-state index contributed by atoms with van der Waals surface area (Å²) in [6.07, 6.45) is -2.90. The molecule has 5 nitrogen and oxygen atoms in total. The smallest absolute Gasteiger partial charge is 0.433 e. The second kappa shape index (κ2) is 5.41. The molecule has 0 amide bonds. The van der Waals surface area contributed by atoms with Gasteiger partial charge < -0.3 is 5.73 Å². The molecule has 0 aliphatic rings. The van der Waals surface area contributed by atoms with Crippen LogP contribution in [-0.4, -0.2) is 18.4 Å². The molecule has 2 aromatic heterocycles. The minimum atomic E-state index is -4.63. The summed E-state index contributed by atoms with van der Waals surface area (Å²) in [6, 6.07) is 4.09. The number of alkyl halides is 3. The first-order valence-corrected chi connectivity index (χ1v) is 7.11. The van der Waals surface area contributed by atoms with E-state index in [0.717, 1.165) is 12.3 Å². The molecule has 2 rings (SSSR count). The Labute approximate surface area is 118 Å². The molecule has 0 aliphatic carbocycles. The number of rotatable bonds is 3. The number of nitrogens with one attached hydrogen (secondary N) is 1. The van der Waals surface area contributed by atoms with Crippen molar-refractivity contribution in [1.29, 1.82) is 0 Å². The highest BCUT2D eigenvalue weighted by atomic mass is 32.2. The summed E-state index contributed by atoms with van der Waals surface area (Å²) in [5.74, 6) is 0. The van der Waals surface area contributed by atoms with E-state index < -0.39 is 21.7 Å². The first-order valence-electron chi connectivity index (χ1n) is 5.63. The van der Waals surface area contributed by atoms with E-state index in [2.05, 4.69) is 9.97 Å². The molecule has 0 aromatic carbocycles. The topological polar surface area (TPSA) is 83.7 Å². The van der Waals surface area contributed by atoms with E-state index in [0.29, 0.717) is 18.0 Å². The third kappa shape index (κ3) is 3.19. The molecule has 0 radical (unpaired) electrons. The third-order valence-electron chi connectivity index (χ3n) is 2.63. The van der Waals surface area contributed by atoms with Crippen LogP contribution in [0.25, 0.3) is 5.73 Å². The number of pyridine rings is 2. The van der Waals surface area contributed by atoms with Gasteiger partial charge in [-0.05, 0) is 24.3 Å². The zero-order valence-corrected chi connectivity index (χ0v) is 11.2. The summed E-state index contributed by atoms with van der Waals surface area (Å²) in [5, 5.41) is 0. The van der Waals surface area contributed by atoms with Crippen molar-refractivity contribution in [2.45, 2.75) is 22.5 Å². The van der Waals surface area contributed by atoms with Gasteiger partial charge in [0.15, 0.2) is 0 Å². The highest BCUT2D eigenvalue weighted by Crippen LogP contribution is 2.28. The molecular weight excluding hydrogens is 307 g/mol. The highest BCUT2D eigenvalue weighted by Gasteiger charge is 2.32. The lowest BCUT2D eigenvalue weighted by Gasteiger charge is -2.08. The number of nitrogens with zero attached hydrogens (tertiary/aromatic N) is 2. The van der Waals surface area contributed by atoms with Crippen molar-refractivity contribution in [2.75, 3.05) is 0 Å². The van der Waals surface area contributed by atoms with Gasteiger partial charge in [-0.2, -0.15) is 13.2 Å². The fourth-order valence-corrected chi connectivity index (χ4v) is 2.67. The third-order valence-corrected chi connectivity index (χ3v) is 4.35. The van der Waals surface area contributed by atoms with Crippen molar-refractivity contribution < 1.29 is 21.6 Å². The molecule has 0 atom stereocenters. The Bertz CT molecular complexity index is 726. The minimum Gasteiger partial charge on any atom is -0.672 e. The van der Waals surface area contributed by atoms with Gasteiger partial charge in [-0.1, -0.05) is 0 Å². The molecule has 0 fully saturated rings. The molecule has 21 heavy (non-hydrogen) atoms. The summed E-state index contributed by atoms with van der Waals surface area (Å²) in [5.41, 5.74) is 6.31. The first kappa shape index (κ1) is 15.4. The summed E-state index contributed by atoms with van der Waals surface area (Å²) in [6.45, 7) is -0.0951. The molecule has 9 heteroatoms. The van der Waals surface area contributed by atoms with Crippen molar-refractivity contribution in [1.82, 2.24) is 9.97 Å². The van der Waals surface area contributed by atoms with Gasteiger partial charge in [0, 0.05) is 18.1 Å². The minimum absolute atomic E-state index is 0.0951. The van der Waals surface area contributed by atoms with Gasteiger partial charge in [0.25, 0.3) is 0 Å². The summed E-state index contributed by atoms with van der Waals surface area (Å²) in [7, 11) is -3.98. The van der Waals surface area contributed by atoms with Crippen LogP contribution >= 0.6 is 0 Å². The molecule has 0 saturated carbocycles. The molecule has 0 saturated heterocycles. The molecule has 1 N–H and O–H groups in total. The fourth-order valence-electron chi connectivity index (χ4n) is 1.52. The van der Waals surface area contributed by atoms with Crippen molar-refractivity contribution in [2.24, 2.45) is 0 Å². The Morgan fingerprint density at radius 2 is 1.57 bits per heavy atom. The van der Waals surface area contributed by atoms with Crippen LogP contribution in [-0.2, 0) is 22.6 Å². The number of hydrogen-bond donors (Lipinski definition) is 0. The number of aromatic nitrogens is 2. The largest absolute Gasteiger partial charge is 0.672 e. The van der Waals surface area contributed by atoms with Crippen molar-refractivity contribution in [3.63, 3.8) is 0 Å². The van der Waals surface area contributed by atoms with Gasteiger partial charge in [-0.15, -0.1) is 6.54 Å². The van der Waals surface area contributed by atoms with Crippen molar-refractivity contribution >= 4 is 9.84 Å². The predicted molar refractivity (Wildman–Crippen MR) is 67.0 cm³/mol. The molecule has 0 bridgehead atoms. The van der Waals surface area contributed by atoms with Crippen LogP contribution < -0.4 is 0 Å². The maximum Gasteiger partial charge on any atom is 0.433 e. The van der Waals surface area contributed by atoms with Gasteiger partial charge >= 0.3 is 6.18 Å². The Morgan fingerprint density at radius 1 is 1.00 bits per heavy atom. The highest BCUT2D eigenvalue weighted by molar-refractivity contribution is 7.91. The van der Waals surface area contributed by atoms with Gasteiger partial charge in [-0.3, -0.25) is 9.97 Å². The maximum atomic E-state index is 12.4. The zero-order valence-electron chi connectivity index (χ0n) is 10.4. The average molecular weight is 316 g/mol. The van der Waals surface area contributed by atoms with Crippen LogP contribution in [0.5, 0.6) is 0 Å². The first-order chi connectivity index (χ1) is 9.75. The van der Waals surface area contributed by atoms with Gasteiger partial charge in [0.05, 0.1) is 9.79 Å². The second-order valence-electron chi connectivity index (χ2n) is 4.04. The Balaban J connectivity index is 2.39. The SMILES string of the molecule is [NH-]Cc1ccc(S(=O)(=O)c2ccc(C(F)(F)F)nc2)cn1. The van der Waals surface area contributed by atoms with E-state index in [1.54, 1.807) is 0 Å². The van der Waals surface area contributed by atoms with Crippen LogP contribution in [0.4, 0.5) is 13.2 Å². The van der Waals surface area contributed by atoms with Gasteiger partial charge in [0.2, 0.25) is 9.84 Å². The van der Waals surface area contributed by atoms with Crippen LogP contribution in [0.3, 0.4) is 0 Å². The molecule has 0 spiro atoms. The van der Waals surface area contributed by atoms with E-state index in [1.165, 1.54) is 12.1 Å². The number of sulfone groups is 1. The van der Waals surface area contributed by atoms with E-state index in [4.69, 9.17) is 5.73 Å². The van der Waals surface area contributed by atoms with E-state index in [9.17, 15) is 21.6 Å². The zero-order chi connectivity index (χ0) is 15.7. The summed E-state index contributed by atoms with van der Waals surface area (Å²) < 4.78 is 61.5. The second-order valence-corrected chi connectivity index (χ2v) is 5.99. The molecule has 2 aromatic rings. The molecule has 2 heterocycles. The molecule has 112 valence electrons. The van der Waals surface area contributed by atoms with Gasteiger partial charge in [-0.25, -0.2) is 8.42 Å². The van der Waals surface area contributed by atoms with Crippen LogP contribution in [0, 0.1) is 0 Å². The van der Waals surface area contributed by atoms with Crippen molar-refractivity contribution in [3.05, 3.63) is 53.8 Å². The van der Waals surface area contributed by atoms with Crippen LogP contribution in [0.1, 0.15) is 11.4 Å². The predicted octanol–water partition coefficient (Wildman–Crippen LogP) is 2.88. The van der Waals surface area contributed by atoms with E-state index >= 15 is 0 Å². The Morgan fingerprint density at radius 3 is 1.95 bits per heavy atom. The monoisotopic (exact) mass is 316 g/mol. The summed E-state index contributed by atoms with van der Waals surface area (Å²) in [4.78, 5) is 6.38. The molecule has 0 unspecified atom stereocenters. The van der Waals surface area contributed by atoms with Gasteiger partial charge in [0.1, 0.15) is 5.69 Å². The number of hydrogen-bond acceptors (Lipinski definition) is 4. The normalized spacial score (nSPS) is 12.4. The maximum absolute atomic E-state index is 12.4. The fraction of sp³-hybridized carbons (Fsp3) is 0.167. The molecular formula is C12H9F3N3O2S-. The van der Waals surface area contributed by atoms with Crippen LogP contribution in [0.15, 0.2) is 46.5 Å². The van der Waals surface area contributed by atoms with Crippen molar-refractivity contribution in [3.8, 4) is 0 Å².